The number of nitrogens with two attached hydrogens (primary N) is 1. The van der Waals surface area contributed by atoms with Crippen LogP contribution in [0, 0.1) is 0 Å². The van der Waals surface area contributed by atoms with Crippen LogP contribution in [0.2, 0.25) is 0 Å². The molecule has 66 valence electrons. The molecule has 12 heavy (non-hydrogen) atoms. The van der Waals surface area contributed by atoms with Crippen molar-refractivity contribution < 1.29 is 8.42 Å². The zero-order valence-corrected chi connectivity index (χ0v) is 7.77. The van der Waals surface area contributed by atoms with E-state index in [0.29, 0.717) is 5.88 Å². The molecule has 3 nitrogen and oxygen atoms in total. The van der Waals surface area contributed by atoms with Crippen molar-refractivity contribution in [3.8, 4) is 0 Å². The summed E-state index contributed by atoms with van der Waals surface area (Å²) in [5.74, 6) is 0.366. The second kappa shape index (κ2) is 3.43. The fourth-order valence-corrected chi connectivity index (χ4v) is 1.46. The van der Waals surface area contributed by atoms with Crippen molar-refractivity contribution in [3.63, 3.8) is 0 Å². The molecule has 0 atom stereocenters. The van der Waals surface area contributed by atoms with Crippen molar-refractivity contribution in [1.29, 1.82) is 0 Å². The molecular weight excluding hydrogens is 198 g/mol. The number of halogens is 1. The molecule has 0 saturated heterocycles. The van der Waals surface area contributed by atoms with Crippen LogP contribution in [0.4, 0.5) is 0 Å². The summed E-state index contributed by atoms with van der Waals surface area (Å²) in [5.41, 5.74) is 0.865. The minimum atomic E-state index is -3.57. The van der Waals surface area contributed by atoms with Gasteiger partial charge in [-0.15, -0.1) is 11.6 Å². The van der Waals surface area contributed by atoms with E-state index in [4.69, 9.17) is 16.7 Å². The predicted molar refractivity (Wildman–Crippen MR) is 47.4 cm³/mol. The van der Waals surface area contributed by atoms with Crippen molar-refractivity contribution in [2.45, 2.75) is 10.8 Å². The molecule has 1 aromatic carbocycles. The maximum Gasteiger partial charge on any atom is 0.238 e. The maximum absolute atomic E-state index is 10.8. The van der Waals surface area contributed by atoms with Crippen LogP contribution in [0.25, 0.3) is 0 Å². The Morgan fingerprint density at radius 2 is 1.75 bits per heavy atom. The van der Waals surface area contributed by atoms with Crippen LogP contribution in [-0.4, -0.2) is 8.42 Å². The third kappa shape index (κ3) is 2.20. The van der Waals surface area contributed by atoms with Crippen molar-refractivity contribution in [2.75, 3.05) is 0 Å². The molecule has 0 bridgehead atoms. The highest BCUT2D eigenvalue weighted by Crippen LogP contribution is 2.09. The first-order chi connectivity index (χ1) is 5.54. The number of alkyl halides is 1. The van der Waals surface area contributed by atoms with E-state index in [1.54, 1.807) is 12.1 Å². The van der Waals surface area contributed by atoms with E-state index in [0.717, 1.165) is 5.56 Å². The second-order valence-corrected chi connectivity index (χ2v) is 4.15. The summed E-state index contributed by atoms with van der Waals surface area (Å²) < 4.78 is 21.6. The van der Waals surface area contributed by atoms with E-state index in [9.17, 15) is 8.42 Å². The molecule has 0 radical (unpaired) electrons. The Labute approximate surface area is 76.2 Å². The first-order valence-electron chi connectivity index (χ1n) is 3.22. The summed E-state index contributed by atoms with van der Waals surface area (Å²) in [6.45, 7) is 0. The number of benzene rings is 1. The van der Waals surface area contributed by atoms with Crippen LogP contribution < -0.4 is 5.14 Å². The average Bonchev–Trinajstić information content (AvgIpc) is 2.03. The van der Waals surface area contributed by atoms with Gasteiger partial charge in [-0.3, -0.25) is 0 Å². The molecule has 1 rings (SSSR count). The minimum absolute atomic E-state index is 0.108. The van der Waals surface area contributed by atoms with Crippen LogP contribution in [0.15, 0.2) is 29.2 Å². The summed E-state index contributed by atoms with van der Waals surface area (Å²) in [7, 11) is -3.57. The highest BCUT2D eigenvalue weighted by molar-refractivity contribution is 7.89. The molecule has 0 saturated carbocycles. The van der Waals surface area contributed by atoms with Gasteiger partial charge in [0, 0.05) is 5.88 Å². The van der Waals surface area contributed by atoms with Crippen LogP contribution in [0.5, 0.6) is 0 Å². The van der Waals surface area contributed by atoms with E-state index in [1.165, 1.54) is 12.1 Å². The topological polar surface area (TPSA) is 60.2 Å². The van der Waals surface area contributed by atoms with Gasteiger partial charge in [-0.1, -0.05) is 12.1 Å². The molecule has 0 aliphatic rings. The van der Waals surface area contributed by atoms with Crippen LogP contribution in [0.3, 0.4) is 0 Å². The Hall–Kier alpha value is -0.580. The lowest BCUT2D eigenvalue weighted by molar-refractivity contribution is 0.598. The molecule has 0 aliphatic heterocycles. The van der Waals surface area contributed by atoms with Crippen LogP contribution in [0.1, 0.15) is 5.56 Å². The Balaban J connectivity index is 3.09. The van der Waals surface area contributed by atoms with Crippen LogP contribution in [-0.2, 0) is 15.9 Å². The molecule has 0 heterocycles. The Kier molecular flexibility index (Phi) is 2.72. The lowest BCUT2D eigenvalue weighted by Crippen LogP contribution is -2.11. The lowest BCUT2D eigenvalue weighted by Gasteiger charge is -1.98. The van der Waals surface area contributed by atoms with Gasteiger partial charge in [0.25, 0.3) is 0 Å². The second-order valence-electron chi connectivity index (χ2n) is 2.32. The fraction of sp³-hybridized carbons (Fsp3) is 0.143. The summed E-state index contributed by atoms with van der Waals surface area (Å²) in [5, 5.41) is 4.89. The third-order valence-corrected chi connectivity index (χ3v) is 2.64. The molecule has 0 aromatic heterocycles. The Bertz CT molecular complexity index is 357. The van der Waals surface area contributed by atoms with E-state index >= 15 is 0 Å². The van der Waals surface area contributed by atoms with Gasteiger partial charge in [0.1, 0.15) is 0 Å². The first kappa shape index (κ1) is 9.51. The summed E-state index contributed by atoms with van der Waals surface area (Å²) in [6, 6.07) is 6.14. The van der Waals surface area contributed by atoms with Crippen molar-refractivity contribution in [2.24, 2.45) is 5.14 Å². The third-order valence-electron chi connectivity index (χ3n) is 1.41. The predicted octanol–water partition coefficient (Wildman–Crippen LogP) is 1.07. The number of hydrogen-bond acceptors (Lipinski definition) is 2. The molecule has 0 amide bonds. The van der Waals surface area contributed by atoms with Crippen molar-refractivity contribution >= 4 is 21.6 Å². The first-order valence-corrected chi connectivity index (χ1v) is 5.30. The van der Waals surface area contributed by atoms with Gasteiger partial charge in [0.2, 0.25) is 10.0 Å². The van der Waals surface area contributed by atoms with Gasteiger partial charge >= 0.3 is 0 Å². The Morgan fingerprint density at radius 3 is 2.08 bits per heavy atom. The average molecular weight is 206 g/mol. The van der Waals surface area contributed by atoms with Crippen molar-refractivity contribution in [3.05, 3.63) is 29.8 Å². The quantitative estimate of drug-likeness (QED) is 0.735. The molecule has 0 unspecified atom stereocenters. The summed E-state index contributed by atoms with van der Waals surface area (Å²) in [4.78, 5) is 0.108. The maximum atomic E-state index is 10.8. The molecule has 5 heteroatoms. The molecule has 2 N–H and O–H groups in total. The highest BCUT2D eigenvalue weighted by Gasteiger charge is 2.05. The Morgan fingerprint density at radius 1 is 1.25 bits per heavy atom. The highest BCUT2D eigenvalue weighted by atomic mass is 35.5. The smallest absolute Gasteiger partial charge is 0.225 e. The van der Waals surface area contributed by atoms with Gasteiger partial charge in [-0.2, -0.15) is 0 Å². The minimum Gasteiger partial charge on any atom is -0.225 e. The number of hydrogen-bond donors (Lipinski definition) is 1. The lowest BCUT2D eigenvalue weighted by atomic mass is 10.2. The van der Waals surface area contributed by atoms with E-state index in [-0.39, 0.29) is 4.90 Å². The van der Waals surface area contributed by atoms with E-state index in [2.05, 4.69) is 0 Å². The summed E-state index contributed by atoms with van der Waals surface area (Å²) >= 11 is 5.51. The summed E-state index contributed by atoms with van der Waals surface area (Å²) in [6.07, 6.45) is 0. The standard InChI is InChI=1S/C7H8ClNO2S/c8-5-6-1-3-7(4-2-6)12(9,10)11/h1-4H,5H2,(H2,9,10,11). The van der Waals surface area contributed by atoms with Gasteiger partial charge < -0.3 is 0 Å². The number of rotatable bonds is 2. The van der Waals surface area contributed by atoms with Gasteiger partial charge in [-0.25, -0.2) is 13.6 Å². The molecular formula is C7H8ClNO2S. The zero-order valence-electron chi connectivity index (χ0n) is 6.20. The zero-order chi connectivity index (χ0) is 9.19. The van der Waals surface area contributed by atoms with Gasteiger partial charge in [0.15, 0.2) is 0 Å². The molecule has 1 aromatic rings. The van der Waals surface area contributed by atoms with E-state index in [1.807, 2.05) is 0 Å². The normalized spacial score (nSPS) is 11.5. The molecule has 0 fully saturated rings. The van der Waals surface area contributed by atoms with E-state index < -0.39 is 10.0 Å². The molecule has 0 spiro atoms. The number of primary sulfonamides is 1. The van der Waals surface area contributed by atoms with Crippen LogP contribution >= 0.6 is 11.6 Å². The molecule has 0 aliphatic carbocycles. The monoisotopic (exact) mass is 205 g/mol. The number of sulfonamides is 1. The van der Waals surface area contributed by atoms with Crippen molar-refractivity contribution in [1.82, 2.24) is 0 Å². The van der Waals surface area contributed by atoms with Gasteiger partial charge in [0.05, 0.1) is 4.90 Å². The SMILES string of the molecule is NS(=O)(=O)c1ccc(CCl)cc1. The van der Waals surface area contributed by atoms with Gasteiger partial charge in [-0.05, 0) is 17.7 Å². The largest absolute Gasteiger partial charge is 0.238 e. The fourth-order valence-electron chi connectivity index (χ4n) is 0.768.